The van der Waals surface area contributed by atoms with E-state index in [4.69, 9.17) is 10.2 Å². The van der Waals surface area contributed by atoms with Crippen molar-refractivity contribution in [3.8, 4) is 0 Å². The summed E-state index contributed by atoms with van der Waals surface area (Å²) in [4.78, 5) is 1.96. The zero-order valence-electron chi connectivity index (χ0n) is 8.78. The SMILES string of the molecule is Cc1cc(Br)cc(N(CCO)CCO)c1. The van der Waals surface area contributed by atoms with Crippen LogP contribution in [0.1, 0.15) is 5.56 Å². The molecule has 0 radical (unpaired) electrons. The number of hydrogen-bond acceptors (Lipinski definition) is 3. The Morgan fingerprint density at radius 1 is 1.13 bits per heavy atom. The highest BCUT2D eigenvalue weighted by Gasteiger charge is 2.06. The Hall–Kier alpha value is -0.580. The minimum Gasteiger partial charge on any atom is -0.395 e. The molecule has 0 heterocycles. The van der Waals surface area contributed by atoms with Crippen molar-refractivity contribution in [3.63, 3.8) is 0 Å². The van der Waals surface area contributed by atoms with Gasteiger partial charge < -0.3 is 15.1 Å². The van der Waals surface area contributed by atoms with Crippen LogP contribution in [0.5, 0.6) is 0 Å². The first-order chi connectivity index (χ1) is 7.17. The first kappa shape index (κ1) is 12.5. The number of hydrogen-bond donors (Lipinski definition) is 2. The maximum absolute atomic E-state index is 8.93. The summed E-state index contributed by atoms with van der Waals surface area (Å²) in [5.74, 6) is 0. The molecule has 0 saturated heterocycles. The van der Waals surface area contributed by atoms with Crippen molar-refractivity contribution in [2.75, 3.05) is 31.2 Å². The molecule has 0 aliphatic rings. The molecule has 0 aliphatic heterocycles. The van der Waals surface area contributed by atoms with E-state index in [2.05, 4.69) is 15.9 Å². The van der Waals surface area contributed by atoms with Crippen molar-refractivity contribution in [2.24, 2.45) is 0 Å². The second-order valence-electron chi connectivity index (χ2n) is 3.42. The zero-order chi connectivity index (χ0) is 11.3. The molecule has 15 heavy (non-hydrogen) atoms. The van der Waals surface area contributed by atoms with E-state index in [0.717, 1.165) is 15.7 Å². The maximum atomic E-state index is 8.93. The molecule has 1 aromatic rings. The minimum absolute atomic E-state index is 0.0889. The van der Waals surface area contributed by atoms with Gasteiger partial charge in [0.25, 0.3) is 0 Å². The highest BCUT2D eigenvalue weighted by Crippen LogP contribution is 2.22. The van der Waals surface area contributed by atoms with Crippen LogP contribution >= 0.6 is 15.9 Å². The lowest BCUT2D eigenvalue weighted by atomic mass is 10.2. The first-order valence-corrected chi connectivity index (χ1v) is 5.70. The highest BCUT2D eigenvalue weighted by molar-refractivity contribution is 9.10. The summed E-state index contributed by atoms with van der Waals surface area (Å²) in [6.07, 6.45) is 0. The first-order valence-electron chi connectivity index (χ1n) is 4.91. The van der Waals surface area contributed by atoms with Crippen LogP contribution in [0.15, 0.2) is 22.7 Å². The number of halogens is 1. The van der Waals surface area contributed by atoms with Gasteiger partial charge in [-0.25, -0.2) is 0 Å². The Labute approximate surface area is 98.5 Å². The molecule has 1 rings (SSSR count). The average molecular weight is 274 g/mol. The number of anilines is 1. The Balaban J connectivity index is 2.88. The van der Waals surface area contributed by atoms with E-state index in [1.807, 2.05) is 30.0 Å². The summed E-state index contributed by atoms with van der Waals surface area (Å²) in [6.45, 7) is 3.27. The molecule has 0 unspecified atom stereocenters. The lowest BCUT2D eigenvalue weighted by Gasteiger charge is -2.23. The second-order valence-corrected chi connectivity index (χ2v) is 4.34. The van der Waals surface area contributed by atoms with Crippen LogP contribution in [0.2, 0.25) is 0 Å². The molecule has 0 fully saturated rings. The molecular formula is C11H16BrNO2. The average Bonchev–Trinajstić information content (AvgIpc) is 2.16. The smallest absolute Gasteiger partial charge is 0.0606 e. The van der Waals surface area contributed by atoms with Crippen LogP contribution in [0.3, 0.4) is 0 Å². The molecule has 0 spiro atoms. The molecule has 0 amide bonds. The molecule has 0 atom stereocenters. The normalized spacial score (nSPS) is 10.4. The van der Waals surface area contributed by atoms with Crippen molar-refractivity contribution in [3.05, 3.63) is 28.2 Å². The van der Waals surface area contributed by atoms with Gasteiger partial charge in [-0.05, 0) is 30.7 Å². The van der Waals surface area contributed by atoms with Crippen molar-refractivity contribution in [1.29, 1.82) is 0 Å². The van der Waals surface area contributed by atoms with Crippen molar-refractivity contribution >= 4 is 21.6 Å². The summed E-state index contributed by atoms with van der Waals surface area (Å²) in [7, 11) is 0. The molecule has 3 nitrogen and oxygen atoms in total. The maximum Gasteiger partial charge on any atom is 0.0606 e. The summed E-state index contributed by atoms with van der Waals surface area (Å²) in [6, 6.07) is 6.05. The van der Waals surface area contributed by atoms with E-state index in [-0.39, 0.29) is 13.2 Å². The van der Waals surface area contributed by atoms with Crippen molar-refractivity contribution < 1.29 is 10.2 Å². The van der Waals surface area contributed by atoms with E-state index in [1.54, 1.807) is 0 Å². The second kappa shape index (κ2) is 6.10. The number of aliphatic hydroxyl groups is 2. The zero-order valence-corrected chi connectivity index (χ0v) is 10.4. The van der Waals surface area contributed by atoms with Gasteiger partial charge in [-0.1, -0.05) is 15.9 Å². The van der Waals surface area contributed by atoms with Crippen LogP contribution in [-0.4, -0.2) is 36.5 Å². The van der Waals surface area contributed by atoms with E-state index in [9.17, 15) is 0 Å². The summed E-state index contributed by atoms with van der Waals surface area (Å²) < 4.78 is 1.01. The fourth-order valence-corrected chi connectivity index (χ4v) is 2.11. The lowest BCUT2D eigenvalue weighted by molar-refractivity contribution is 0.281. The topological polar surface area (TPSA) is 43.7 Å². The van der Waals surface area contributed by atoms with Crippen molar-refractivity contribution in [1.82, 2.24) is 0 Å². The standard InChI is InChI=1S/C11H16BrNO2/c1-9-6-10(12)8-11(7-9)13(2-4-14)3-5-15/h6-8,14-15H,2-5H2,1H3. The molecule has 84 valence electrons. The Morgan fingerprint density at radius 2 is 1.73 bits per heavy atom. The fraction of sp³-hybridized carbons (Fsp3) is 0.455. The third kappa shape index (κ3) is 3.81. The lowest BCUT2D eigenvalue weighted by Crippen LogP contribution is -2.29. The highest BCUT2D eigenvalue weighted by atomic mass is 79.9. The molecule has 0 aliphatic carbocycles. The van der Waals surface area contributed by atoms with Gasteiger partial charge in [0.15, 0.2) is 0 Å². The molecule has 0 aromatic heterocycles. The van der Waals surface area contributed by atoms with Crippen LogP contribution < -0.4 is 4.90 Å². The van der Waals surface area contributed by atoms with Gasteiger partial charge in [0.05, 0.1) is 13.2 Å². The Kier molecular flexibility index (Phi) is 5.08. The number of rotatable bonds is 5. The summed E-state index contributed by atoms with van der Waals surface area (Å²) >= 11 is 3.43. The van der Waals surface area contributed by atoms with E-state index in [1.165, 1.54) is 0 Å². The number of aryl methyl sites for hydroxylation is 1. The number of aliphatic hydroxyl groups excluding tert-OH is 2. The minimum atomic E-state index is 0.0889. The number of nitrogens with zero attached hydrogens (tertiary/aromatic N) is 1. The molecule has 0 bridgehead atoms. The Bertz CT molecular complexity index is 291. The Morgan fingerprint density at radius 3 is 2.20 bits per heavy atom. The molecular weight excluding hydrogens is 258 g/mol. The summed E-state index contributed by atoms with van der Waals surface area (Å²) in [5, 5.41) is 17.9. The molecule has 1 aromatic carbocycles. The van der Waals surface area contributed by atoms with Crippen LogP contribution in [0, 0.1) is 6.92 Å². The van der Waals surface area contributed by atoms with Gasteiger partial charge in [0, 0.05) is 23.2 Å². The predicted molar refractivity (Wildman–Crippen MR) is 65.3 cm³/mol. The monoisotopic (exact) mass is 273 g/mol. The van der Waals surface area contributed by atoms with Crippen LogP contribution in [0.4, 0.5) is 5.69 Å². The van der Waals surface area contributed by atoms with Crippen LogP contribution in [-0.2, 0) is 0 Å². The van der Waals surface area contributed by atoms with Gasteiger partial charge in [-0.2, -0.15) is 0 Å². The molecule has 0 saturated carbocycles. The third-order valence-electron chi connectivity index (χ3n) is 2.13. The largest absolute Gasteiger partial charge is 0.395 e. The molecule has 4 heteroatoms. The van der Waals surface area contributed by atoms with Crippen molar-refractivity contribution in [2.45, 2.75) is 6.92 Å². The van der Waals surface area contributed by atoms with Gasteiger partial charge in [0.1, 0.15) is 0 Å². The predicted octanol–water partition coefficient (Wildman–Crippen LogP) is 1.55. The van der Waals surface area contributed by atoms with Gasteiger partial charge in [0.2, 0.25) is 0 Å². The van der Waals surface area contributed by atoms with E-state index >= 15 is 0 Å². The van der Waals surface area contributed by atoms with E-state index < -0.39 is 0 Å². The third-order valence-corrected chi connectivity index (χ3v) is 2.59. The van der Waals surface area contributed by atoms with Gasteiger partial charge >= 0.3 is 0 Å². The number of benzene rings is 1. The van der Waals surface area contributed by atoms with Gasteiger partial charge in [-0.15, -0.1) is 0 Å². The van der Waals surface area contributed by atoms with Gasteiger partial charge in [-0.3, -0.25) is 0 Å². The van der Waals surface area contributed by atoms with Crippen LogP contribution in [0.25, 0.3) is 0 Å². The van der Waals surface area contributed by atoms with E-state index in [0.29, 0.717) is 13.1 Å². The fourth-order valence-electron chi connectivity index (χ4n) is 1.51. The summed E-state index contributed by atoms with van der Waals surface area (Å²) in [5.41, 5.74) is 2.17. The quantitative estimate of drug-likeness (QED) is 0.856. The molecule has 2 N–H and O–H groups in total.